The van der Waals surface area contributed by atoms with Crippen molar-refractivity contribution in [3.8, 4) is 0 Å². The molecule has 0 radical (unpaired) electrons. The van der Waals surface area contributed by atoms with Gasteiger partial charge in [0.2, 0.25) is 0 Å². The van der Waals surface area contributed by atoms with Gasteiger partial charge in [-0.15, -0.1) is 0 Å². The van der Waals surface area contributed by atoms with Crippen LogP contribution in [-0.4, -0.2) is 4.98 Å². The summed E-state index contributed by atoms with van der Waals surface area (Å²) in [5.41, 5.74) is 0.340. The standard InChI is InChI=1S/C9H4BrClFN/c10-6-1-5-2-7(11)3-8(12)9(5)13-4-6/h1-4H. The number of aromatic nitrogens is 1. The van der Waals surface area contributed by atoms with Crippen LogP contribution < -0.4 is 0 Å². The fourth-order valence-corrected chi connectivity index (χ4v) is 1.71. The maximum absolute atomic E-state index is 13.2. The molecule has 0 aliphatic rings. The van der Waals surface area contributed by atoms with Crippen LogP contribution in [0.2, 0.25) is 5.02 Å². The summed E-state index contributed by atoms with van der Waals surface area (Å²) in [7, 11) is 0. The smallest absolute Gasteiger partial charge is 0.150 e. The fraction of sp³-hybridized carbons (Fsp3) is 0. The Morgan fingerprint density at radius 1 is 1.31 bits per heavy atom. The average Bonchev–Trinajstić information content (AvgIpc) is 2.02. The van der Waals surface area contributed by atoms with Crippen molar-refractivity contribution in [3.05, 3.63) is 39.7 Å². The van der Waals surface area contributed by atoms with Gasteiger partial charge >= 0.3 is 0 Å². The van der Waals surface area contributed by atoms with Crippen LogP contribution in [0.1, 0.15) is 0 Å². The number of fused-ring (bicyclic) bond motifs is 1. The first-order valence-electron chi connectivity index (χ1n) is 3.57. The summed E-state index contributed by atoms with van der Waals surface area (Å²) in [5.74, 6) is -0.394. The largest absolute Gasteiger partial charge is 0.252 e. The van der Waals surface area contributed by atoms with Crippen molar-refractivity contribution in [2.75, 3.05) is 0 Å². The highest BCUT2D eigenvalue weighted by Crippen LogP contribution is 2.23. The topological polar surface area (TPSA) is 12.9 Å². The van der Waals surface area contributed by atoms with Gasteiger partial charge in [-0.05, 0) is 34.1 Å². The molecule has 0 saturated heterocycles. The van der Waals surface area contributed by atoms with E-state index in [1.165, 1.54) is 6.07 Å². The minimum Gasteiger partial charge on any atom is -0.252 e. The lowest BCUT2D eigenvalue weighted by Crippen LogP contribution is -1.84. The van der Waals surface area contributed by atoms with Gasteiger partial charge in [0.05, 0.1) is 0 Å². The van der Waals surface area contributed by atoms with Gasteiger partial charge in [0.15, 0.2) is 5.82 Å². The zero-order valence-corrected chi connectivity index (χ0v) is 8.73. The SMILES string of the molecule is Fc1cc(Cl)cc2cc(Br)cnc12. The quantitative estimate of drug-likeness (QED) is 0.702. The first-order chi connectivity index (χ1) is 6.16. The average molecular weight is 260 g/mol. The first kappa shape index (κ1) is 8.91. The number of pyridine rings is 1. The van der Waals surface area contributed by atoms with E-state index in [1.54, 1.807) is 18.3 Å². The molecule has 2 rings (SSSR count). The predicted molar refractivity (Wildman–Crippen MR) is 54.4 cm³/mol. The minimum absolute atomic E-state index is 0.340. The summed E-state index contributed by atoms with van der Waals surface area (Å²) >= 11 is 8.95. The molecule has 2 aromatic rings. The van der Waals surface area contributed by atoms with Crippen molar-refractivity contribution >= 4 is 38.4 Å². The van der Waals surface area contributed by atoms with E-state index in [-0.39, 0.29) is 0 Å². The Labute approximate surface area is 87.7 Å². The number of rotatable bonds is 0. The summed E-state index contributed by atoms with van der Waals surface area (Å²) in [5, 5.41) is 1.07. The highest BCUT2D eigenvalue weighted by atomic mass is 79.9. The Bertz CT molecular complexity index is 467. The van der Waals surface area contributed by atoms with Crippen LogP contribution in [0.15, 0.2) is 28.9 Å². The van der Waals surface area contributed by atoms with E-state index in [0.717, 1.165) is 4.47 Å². The van der Waals surface area contributed by atoms with Crippen molar-refractivity contribution in [1.29, 1.82) is 0 Å². The molecule has 0 atom stereocenters. The van der Waals surface area contributed by atoms with Crippen LogP contribution in [0.25, 0.3) is 10.9 Å². The maximum atomic E-state index is 13.2. The summed E-state index contributed by atoms with van der Waals surface area (Å²) in [6, 6.07) is 4.71. The van der Waals surface area contributed by atoms with Gasteiger partial charge in [0, 0.05) is 21.1 Å². The van der Waals surface area contributed by atoms with Crippen molar-refractivity contribution in [2.45, 2.75) is 0 Å². The third-order valence-corrected chi connectivity index (χ3v) is 2.32. The van der Waals surface area contributed by atoms with Gasteiger partial charge in [0.1, 0.15) is 5.52 Å². The molecule has 4 heteroatoms. The first-order valence-corrected chi connectivity index (χ1v) is 4.74. The third kappa shape index (κ3) is 1.67. The molecule has 1 aromatic carbocycles. The monoisotopic (exact) mass is 259 g/mol. The highest BCUT2D eigenvalue weighted by Gasteiger charge is 2.03. The fourth-order valence-electron chi connectivity index (χ4n) is 1.14. The van der Waals surface area contributed by atoms with Crippen molar-refractivity contribution < 1.29 is 4.39 Å². The molecule has 0 fully saturated rings. The van der Waals surface area contributed by atoms with E-state index in [0.29, 0.717) is 15.9 Å². The molecule has 1 nitrogen and oxygen atoms in total. The number of halogens is 3. The molecule has 0 aliphatic heterocycles. The lowest BCUT2D eigenvalue weighted by Gasteiger charge is -1.99. The lowest BCUT2D eigenvalue weighted by molar-refractivity contribution is 0.637. The van der Waals surface area contributed by atoms with Crippen molar-refractivity contribution in [3.63, 3.8) is 0 Å². The molecule has 0 saturated carbocycles. The van der Waals surface area contributed by atoms with Gasteiger partial charge in [0.25, 0.3) is 0 Å². The van der Waals surface area contributed by atoms with E-state index >= 15 is 0 Å². The summed E-state index contributed by atoms with van der Waals surface area (Å²) in [6.07, 6.45) is 1.55. The van der Waals surface area contributed by atoms with Crippen LogP contribution in [0, 0.1) is 5.82 Å². The van der Waals surface area contributed by atoms with Crippen LogP contribution in [0.5, 0.6) is 0 Å². The van der Waals surface area contributed by atoms with Crippen LogP contribution in [0.3, 0.4) is 0 Å². The molecular formula is C9H4BrClFN. The maximum Gasteiger partial charge on any atom is 0.150 e. The molecule has 66 valence electrons. The molecule has 0 amide bonds. The second kappa shape index (κ2) is 3.24. The van der Waals surface area contributed by atoms with E-state index in [1.807, 2.05) is 0 Å². The number of benzene rings is 1. The molecular weight excluding hydrogens is 256 g/mol. The molecule has 0 spiro atoms. The molecule has 0 unspecified atom stereocenters. The third-order valence-electron chi connectivity index (χ3n) is 1.67. The molecule has 13 heavy (non-hydrogen) atoms. The zero-order chi connectivity index (χ0) is 9.42. The van der Waals surface area contributed by atoms with Crippen LogP contribution in [0.4, 0.5) is 4.39 Å². The van der Waals surface area contributed by atoms with E-state index < -0.39 is 5.82 Å². The summed E-state index contributed by atoms with van der Waals surface area (Å²) in [4.78, 5) is 3.94. The summed E-state index contributed by atoms with van der Waals surface area (Å²) < 4.78 is 14.0. The Hall–Kier alpha value is -0.670. The number of nitrogens with zero attached hydrogens (tertiary/aromatic N) is 1. The van der Waals surface area contributed by atoms with Crippen LogP contribution in [-0.2, 0) is 0 Å². The Morgan fingerprint density at radius 3 is 2.85 bits per heavy atom. The number of hydrogen-bond donors (Lipinski definition) is 0. The lowest BCUT2D eigenvalue weighted by atomic mass is 10.2. The van der Waals surface area contributed by atoms with Gasteiger partial charge in [-0.2, -0.15) is 0 Å². The number of hydrogen-bond acceptors (Lipinski definition) is 1. The van der Waals surface area contributed by atoms with E-state index in [9.17, 15) is 4.39 Å². The zero-order valence-electron chi connectivity index (χ0n) is 6.39. The molecule has 0 aliphatic carbocycles. The summed E-state index contributed by atoms with van der Waals surface area (Å²) in [6.45, 7) is 0. The van der Waals surface area contributed by atoms with Gasteiger partial charge in [-0.25, -0.2) is 4.39 Å². The van der Waals surface area contributed by atoms with Gasteiger partial charge in [-0.3, -0.25) is 4.98 Å². The molecule has 0 bridgehead atoms. The Morgan fingerprint density at radius 2 is 2.08 bits per heavy atom. The van der Waals surface area contributed by atoms with Gasteiger partial charge < -0.3 is 0 Å². The normalized spacial score (nSPS) is 10.7. The second-order valence-electron chi connectivity index (χ2n) is 2.61. The second-order valence-corrected chi connectivity index (χ2v) is 3.96. The van der Waals surface area contributed by atoms with Crippen LogP contribution >= 0.6 is 27.5 Å². The molecule has 0 N–H and O–H groups in total. The van der Waals surface area contributed by atoms with E-state index in [4.69, 9.17) is 11.6 Å². The van der Waals surface area contributed by atoms with Crippen molar-refractivity contribution in [2.24, 2.45) is 0 Å². The minimum atomic E-state index is -0.394. The van der Waals surface area contributed by atoms with Gasteiger partial charge in [-0.1, -0.05) is 11.6 Å². The van der Waals surface area contributed by atoms with Crippen molar-refractivity contribution in [1.82, 2.24) is 4.98 Å². The highest BCUT2D eigenvalue weighted by molar-refractivity contribution is 9.10. The molecule has 1 heterocycles. The Kier molecular flexibility index (Phi) is 2.22. The molecule has 1 aromatic heterocycles. The predicted octanol–water partition coefficient (Wildman–Crippen LogP) is 3.79. The van der Waals surface area contributed by atoms with E-state index in [2.05, 4.69) is 20.9 Å². The Balaban J connectivity index is 2.86.